The maximum Gasteiger partial charge on any atom is 0.418 e. The third kappa shape index (κ3) is 3.84. The Morgan fingerprint density at radius 2 is 1.89 bits per heavy atom. The summed E-state index contributed by atoms with van der Waals surface area (Å²) in [5.74, 6) is -1.46. The summed E-state index contributed by atoms with van der Waals surface area (Å²) in [6.45, 7) is 2.92. The smallest absolute Gasteiger partial charge is 0.418 e. The van der Waals surface area contributed by atoms with Gasteiger partial charge in [-0.15, -0.1) is 0 Å². The summed E-state index contributed by atoms with van der Waals surface area (Å²) in [6, 6.07) is 10.8. The Kier molecular flexibility index (Phi) is 5.57. The van der Waals surface area contributed by atoms with Crippen LogP contribution in [0.3, 0.4) is 0 Å². The van der Waals surface area contributed by atoms with E-state index in [-0.39, 0.29) is 36.1 Å². The van der Waals surface area contributed by atoms with E-state index in [2.05, 4.69) is 5.32 Å². The number of imide groups is 1. The summed E-state index contributed by atoms with van der Waals surface area (Å²) in [5.41, 5.74) is 1.37. The standard InChI is InChI=1S/C26H26FN3O5/c1-15-3-10-22(17-4-6-19(27)7-5-17)30(15)23(32)14-29-24(33)26(35-25(29)34)12-11-18-13-20(28-16(2)31)8-9-21(18)26/h4-9,13,15,22H,3,10-12,14H2,1-2H3,(H,28,31)/t15-,22-,26+/m0/s1. The van der Waals surface area contributed by atoms with Gasteiger partial charge in [0.1, 0.15) is 12.4 Å². The van der Waals surface area contributed by atoms with Crippen LogP contribution in [0.25, 0.3) is 0 Å². The lowest BCUT2D eigenvalue weighted by Crippen LogP contribution is -2.46. The molecule has 1 N–H and O–H groups in total. The van der Waals surface area contributed by atoms with E-state index in [0.717, 1.165) is 22.4 Å². The summed E-state index contributed by atoms with van der Waals surface area (Å²) in [5, 5.41) is 2.71. The van der Waals surface area contributed by atoms with Crippen molar-refractivity contribution < 1.29 is 28.3 Å². The molecular weight excluding hydrogens is 453 g/mol. The van der Waals surface area contributed by atoms with Gasteiger partial charge < -0.3 is 15.0 Å². The first kappa shape index (κ1) is 23.0. The van der Waals surface area contributed by atoms with Crippen LogP contribution in [-0.4, -0.2) is 46.2 Å². The molecule has 0 radical (unpaired) electrons. The molecule has 8 nitrogen and oxygen atoms in total. The molecule has 2 aromatic carbocycles. The highest BCUT2D eigenvalue weighted by Gasteiger charge is 2.58. The van der Waals surface area contributed by atoms with Crippen LogP contribution in [0.5, 0.6) is 0 Å². The molecule has 0 bridgehead atoms. The lowest BCUT2D eigenvalue weighted by atomic mass is 9.94. The SMILES string of the molecule is CC(=O)Nc1ccc2c(c1)CC[C@@]21OC(=O)N(CC(=O)N2[C@@H](C)CC[C@H]2c2ccc(F)cc2)C1=O. The van der Waals surface area contributed by atoms with Crippen LogP contribution in [0.2, 0.25) is 0 Å². The molecule has 2 saturated heterocycles. The Hall–Kier alpha value is -3.75. The number of amides is 4. The molecule has 2 aliphatic heterocycles. The van der Waals surface area contributed by atoms with Gasteiger partial charge in [-0.1, -0.05) is 18.2 Å². The Labute approximate surface area is 202 Å². The number of aryl methyl sites for hydroxylation is 1. The molecule has 9 heteroatoms. The molecule has 2 fully saturated rings. The number of hydrogen-bond acceptors (Lipinski definition) is 5. The molecule has 2 aromatic rings. The van der Waals surface area contributed by atoms with Crippen molar-refractivity contribution in [2.24, 2.45) is 0 Å². The zero-order chi connectivity index (χ0) is 24.9. The number of ether oxygens (including phenoxy) is 1. The molecule has 0 saturated carbocycles. The van der Waals surface area contributed by atoms with E-state index in [1.807, 2.05) is 6.92 Å². The molecule has 4 amide bonds. The maximum atomic E-state index is 13.5. The van der Waals surface area contributed by atoms with Gasteiger partial charge >= 0.3 is 6.09 Å². The first-order chi connectivity index (χ1) is 16.7. The zero-order valence-electron chi connectivity index (χ0n) is 19.5. The minimum Gasteiger partial charge on any atom is -0.427 e. The van der Waals surface area contributed by atoms with E-state index in [1.54, 1.807) is 35.2 Å². The summed E-state index contributed by atoms with van der Waals surface area (Å²) in [7, 11) is 0. The van der Waals surface area contributed by atoms with Crippen molar-refractivity contribution in [1.82, 2.24) is 9.80 Å². The Bertz CT molecular complexity index is 1230. The number of fused-ring (bicyclic) bond motifs is 2. The van der Waals surface area contributed by atoms with Gasteiger partial charge in [-0.05, 0) is 61.6 Å². The topological polar surface area (TPSA) is 96.0 Å². The molecule has 5 rings (SSSR count). The highest BCUT2D eigenvalue weighted by molar-refractivity contribution is 6.06. The van der Waals surface area contributed by atoms with Crippen molar-refractivity contribution in [3.63, 3.8) is 0 Å². The van der Waals surface area contributed by atoms with Crippen molar-refractivity contribution in [3.8, 4) is 0 Å². The predicted molar refractivity (Wildman–Crippen MR) is 124 cm³/mol. The molecule has 3 aliphatic rings. The fraction of sp³-hybridized carbons (Fsp3) is 0.385. The summed E-state index contributed by atoms with van der Waals surface area (Å²) >= 11 is 0. The first-order valence-corrected chi connectivity index (χ1v) is 11.7. The van der Waals surface area contributed by atoms with E-state index in [0.29, 0.717) is 24.1 Å². The Morgan fingerprint density at radius 3 is 2.60 bits per heavy atom. The average molecular weight is 480 g/mol. The van der Waals surface area contributed by atoms with Gasteiger partial charge in [0.05, 0.1) is 6.04 Å². The number of halogens is 1. The van der Waals surface area contributed by atoms with Crippen LogP contribution < -0.4 is 5.32 Å². The number of rotatable bonds is 4. The second kappa shape index (κ2) is 8.48. The number of likely N-dealkylation sites (tertiary alicyclic amines) is 1. The van der Waals surface area contributed by atoms with Gasteiger partial charge in [-0.2, -0.15) is 0 Å². The normalized spacial score (nSPS) is 25.2. The lowest BCUT2D eigenvalue weighted by Gasteiger charge is -2.30. The number of nitrogens with zero attached hydrogens (tertiary/aromatic N) is 2. The number of carbonyl (C=O) groups excluding carboxylic acids is 4. The number of carbonyl (C=O) groups is 4. The summed E-state index contributed by atoms with van der Waals surface area (Å²) < 4.78 is 19.0. The minimum absolute atomic E-state index is 0.0837. The third-order valence-corrected chi connectivity index (χ3v) is 7.18. The monoisotopic (exact) mass is 479 g/mol. The van der Waals surface area contributed by atoms with Crippen molar-refractivity contribution in [2.75, 3.05) is 11.9 Å². The molecule has 0 unspecified atom stereocenters. The Morgan fingerprint density at radius 1 is 1.14 bits per heavy atom. The van der Waals surface area contributed by atoms with E-state index in [4.69, 9.17) is 4.74 Å². The number of nitrogens with one attached hydrogen (secondary N) is 1. The summed E-state index contributed by atoms with van der Waals surface area (Å²) in [4.78, 5) is 53.6. The maximum absolute atomic E-state index is 13.5. The molecular formula is C26H26FN3O5. The number of anilines is 1. The quantitative estimate of drug-likeness (QED) is 0.722. The second-order valence-electron chi connectivity index (χ2n) is 9.43. The molecule has 182 valence electrons. The van der Waals surface area contributed by atoms with Gasteiger partial charge in [-0.3, -0.25) is 14.4 Å². The molecule has 0 aromatic heterocycles. The van der Waals surface area contributed by atoms with Crippen LogP contribution in [0.4, 0.5) is 14.9 Å². The molecule has 2 heterocycles. The molecule has 1 aliphatic carbocycles. The van der Waals surface area contributed by atoms with Crippen molar-refractivity contribution in [3.05, 3.63) is 65.0 Å². The fourth-order valence-corrected chi connectivity index (χ4v) is 5.57. The highest BCUT2D eigenvalue weighted by atomic mass is 19.1. The lowest BCUT2D eigenvalue weighted by molar-refractivity contribution is -0.143. The van der Waals surface area contributed by atoms with Crippen LogP contribution >= 0.6 is 0 Å². The van der Waals surface area contributed by atoms with Crippen LogP contribution in [0.15, 0.2) is 42.5 Å². The van der Waals surface area contributed by atoms with E-state index in [1.165, 1.54) is 19.1 Å². The van der Waals surface area contributed by atoms with E-state index >= 15 is 0 Å². The minimum atomic E-state index is -1.45. The second-order valence-corrected chi connectivity index (χ2v) is 9.43. The van der Waals surface area contributed by atoms with Gasteiger partial charge in [0, 0.05) is 30.6 Å². The van der Waals surface area contributed by atoms with Gasteiger partial charge in [-0.25, -0.2) is 14.1 Å². The Balaban J connectivity index is 1.36. The zero-order valence-corrected chi connectivity index (χ0v) is 19.5. The van der Waals surface area contributed by atoms with Gasteiger partial charge in [0.2, 0.25) is 17.4 Å². The summed E-state index contributed by atoms with van der Waals surface area (Å²) in [6.07, 6.45) is 1.41. The van der Waals surface area contributed by atoms with Crippen molar-refractivity contribution in [1.29, 1.82) is 0 Å². The largest absolute Gasteiger partial charge is 0.427 e. The van der Waals surface area contributed by atoms with Crippen LogP contribution in [0.1, 0.15) is 55.8 Å². The van der Waals surface area contributed by atoms with Crippen molar-refractivity contribution in [2.45, 2.75) is 57.2 Å². The molecule has 1 spiro atoms. The van der Waals surface area contributed by atoms with Gasteiger partial charge in [0.15, 0.2) is 0 Å². The van der Waals surface area contributed by atoms with Crippen LogP contribution in [0, 0.1) is 5.82 Å². The molecule has 3 atom stereocenters. The predicted octanol–water partition coefficient (Wildman–Crippen LogP) is 3.66. The fourth-order valence-electron chi connectivity index (χ4n) is 5.57. The number of hydrogen-bond donors (Lipinski definition) is 1. The number of benzene rings is 2. The average Bonchev–Trinajstić information content (AvgIpc) is 3.44. The molecule has 35 heavy (non-hydrogen) atoms. The first-order valence-electron chi connectivity index (χ1n) is 11.7. The van der Waals surface area contributed by atoms with E-state index < -0.39 is 24.1 Å². The van der Waals surface area contributed by atoms with E-state index in [9.17, 15) is 23.6 Å². The van der Waals surface area contributed by atoms with Crippen molar-refractivity contribution >= 4 is 29.5 Å². The van der Waals surface area contributed by atoms with Gasteiger partial charge in [0.25, 0.3) is 5.91 Å². The van der Waals surface area contributed by atoms with Crippen LogP contribution in [-0.2, 0) is 31.1 Å². The third-order valence-electron chi connectivity index (χ3n) is 7.18. The highest BCUT2D eigenvalue weighted by Crippen LogP contribution is 2.46.